The lowest BCUT2D eigenvalue weighted by atomic mass is 10.1. The van der Waals surface area contributed by atoms with Crippen LogP contribution in [0, 0.1) is 5.92 Å². The molecule has 3 heteroatoms. The normalized spacial score (nSPS) is 11.2. The predicted octanol–water partition coefficient (Wildman–Crippen LogP) is 3.73. The van der Waals surface area contributed by atoms with E-state index >= 15 is 0 Å². The van der Waals surface area contributed by atoms with Crippen molar-refractivity contribution in [1.29, 1.82) is 0 Å². The van der Waals surface area contributed by atoms with Crippen LogP contribution in [0.2, 0.25) is 5.02 Å². The van der Waals surface area contributed by atoms with Crippen LogP contribution in [0.4, 0.5) is 5.69 Å². The van der Waals surface area contributed by atoms with Gasteiger partial charge in [0.15, 0.2) is 0 Å². The van der Waals surface area contributed by atoms with E-state index in [0.29, 0.717) is 0 Å². The molecule has 0 aliphatic heterocycles. The van der Waals surface area contributed by atoms with Gasteiger partial charge in [0, 0.05) is 23.8 Å². The second kappa shape index (κ2) is 7.57. The number of nitrogens with zero attached hydrogens (tertiary/aromatic N) is 1. The van der Waals surface area contributed by atoms with Crippen LogP contribution in [0.15, 0.2) is 24.3 Å². The van der Waals surface area contributed by atoms with Crippen LogP contribution in [-0.4, -0.2) is 31.6 Å². The molecule has 0 amide bonds. The molecule has 0 unspecified atom stereocenters. The van der Waals surface area contributed by atoms with Gasteiger partial charge in [0.05, 0.1) is 0 Å². The number of halogens is 1. The van der Waals surface area contributed by atoms with Gasteiger partial charge < -0.3 is 10.2 Å². The summed E-state index contributed by atoms with van der Waals surface area (Å²) in [6.45, 7) is 7.73. The van der Waals surface area contributed by atoms with Crippen molar-refractivity contribution in [2.45, 2.75) is 20.3 Å². The zero-order valence-electron chi connectivity index (χ0n) is 11.0. The zero-order valence-corrected chi connectivity index (χ0v) is 11.8. The van der Waals surface area contributed by atoms with Gasteiger partial charge in [-0.15, -0.1) is 0 Å². The molecule has 1 rings (SSSR count). The van der Waals surface area contributed by atoms with Crippen molar-refractivity contribution in [3.63, 3.8) is 0 Å². The number of hydrogen-bond acceptors (Lipinski definition) is 2. The summed E-state index contributed by atoms with van der Waals surface area (Å²) in [5.41, 5.74) is 1.13. The van der Waals surface area contributed by atoms with E-state index in [1.165, 1.54) is 13.0 Å². The Bertz CT molecular complexity index is 309. The standard InChI is InChI=1S/C14H23ClN2/c1-12(2)8-10-17(3)11-9-16-14-6-4-13(15)5-7-14/h4-7,12,16H,8-11H2,1-3H3. The van der Waals surface area contributed by atoms with E-state index < -0.39 is 0 Å². The van der Waals surface area contributed by atoms with Gasteiger partial charge in [0.25, 0.3) is 0 Å². The Morgan fingerprint density at radius 1 is 1.18 bits per heavy atom. The molecule has 1 aromatic carbocycles. The molecular weight excluding hydrogens is 232 g/mol. The van der Waals surface area contributed by atoms with Gasteiger partial charge in [0.1, 0.15) is 0 Å². The van der Waals surface area contributed by atoms with Crippen LogP contribution >= 0.6 is 11.6 Å². The van der Waals surface area contributed by atoms with Gasteiger partial charge in [-0.25, -0.2) is 0 Å². The molecule has 1 aromatic rings. The van der Waals surface area contributed by atoms with Gasteiger partial charge in [-0.1, -0.05) is 25.4 Å². The van der Waals surface area contributed by atoms with Gasteiger partial charge in [-0.05, 0) is 50.2 Å². The van der Waals surface area contributed by atoms with Crippen molar-refractivity contribution in [3.05, 3.63) is 29.3 Å². The molecule has 0 spiro atoms. The Labute approximate surface area is 110 Å². The average molecular weight is 255 g/mol. The molecule has 0 heterocycles. The maximum absolute atomic E-state index is 5.83. The quantitative estimate of drug-likeness (QED) is 0.798. The Morgan fingerprint density at radius 3 is 2.41 bits per heavy atom. The largest absolute Gasteiger partial charge is 0.384 e. The van der Waals surface area contributed by atoms with Crippen molar-refractivity contribution in [1.82, 2.24) is 4.90 Å². The summed E-state index contributed by atoms with van der Waals surface area (Å²) in [5.74, 6) is 0.779. The van der Waals surface area contributed by atoms with E-state index in [2.05, 4.69) is 31.1 Å². The van der Waals surface area contributed by atoms with Crippen molar-refractivity contribution >= 4 is 17.3 Å². The number of anilines is 1. The van der Waals surface area contributed by atoms with E-state index in [9.17, 15) is 0 Å². The van der Waals surface area contributed by atoms with Crippen LogP contribution in [0.3, 0.4) is 0 Å². The van der Waals surface area contributed by atoms with Crippen LogP contribution in [-0.2, 0) is 0 Å². The molecule has 2 nitrogen and oxygen atoms in total. The summed E-state index contributed by atoms with van der Waals surface area (Å²) in [4.78, 5) is 2.36. The molecule has 0 saturated carbocycles. The molecule has 96 valence electrons. The van der Waals surface area contributed by atoms with Crippen LogP contribution in [0.1, 0.15) is 20.3 Å². The zero-order chi connectivity index (χ0) is 12.7. The minimum atomic E-state index is 0.779. The van der Waals surface area contributed by atoms with Crippen molar-refractivity contribution < 1.29 is 0 Å². The third-order valence-electron chi connectivity index (χ3n) is 2.76. The molecule has 0 radical (unpaired) electrons. The molecule has 0 aliphatic rings. The van der Waals surface area contributed by atoms with Gasteiger partial charge in [-0.3, -0.25) is 0 Å². The van der Waals surface area contributed by atoms with Gasteiger partial charge >= 0.3 is 0 Å². The molecule has 0 aromatic heterocycles. The Morgan fingerprint density at radius 2 is 1.82 bits per heavy atom. The summed E-state index contributed by atoms with van der Waals surface area (Å²) in [6.07, 6.45) is 1.26. The number of rotatable bonds is 7. The molecule has 0 aliphatic carbocycles. The second-order valence-electron chi connectivity index (χ2n) is 4.92. The Balaban J connectivity index is 2.16. The van der Waals surface area contributed by atoms with Crippen molar-refractivity contribution in [2.24, 2.45) is 5.92 Å². The lowest BCUT2D eigenvalue weighted by molar-refractivity contribution is 0.321. The molecule has 0 fully saturated rings. The van der Waals surface area contributed by atoms with Crippen LogP contribution in [0.25, 0.3) is 0 Å². The van der Waals surface area contributed by atoms with E-state index in [1.807, 2.05) is 24.3 Å². The fourth-order valence-corrected chi connectivity index (χ4v) is 1.68. The van der Waals surface area contributed by atoms with E-state index in [1.54, 1.807) is 0 Å². The summed E-state index contributed by atoms with van der Waals surface area (Å²) in [5, 5.41) is 4.17. The maximum atomic E-state index is 5.83. The van der Waals surface area contributed by atoms with E-state index in [-0.39, 0.29) is 0 Å². The Hall–Kier alpha value is -0.730. The van der Waals surface area contributed by atoms with E-state index in [4.69, 9.17) is 11.6 Å². The van der Waals surface area contributed by atoms with Gasteiger partial charge in [-0.2, -0.15) is 0 Å². The maximum Gasteiger partial charge on any atom is 0.0407 e. The smallest absolute Gasteiger partial charge is 0.0407 e. The minimum Gasteiger partial charge on any atom is -0.384 e. The fraction of sp³-hybridized carbons (Fsp3) is 0.571. The summed E-state index contributed by atoms with van der Waals surface area (Å²) < 4.78 is 0. The number of likely N-dealkylation sites (N-methyl/N-ethyl adjacent to an activating group) is 1. The monoisotopic (exact) mass is 254 g/mol. The summed E-state index contributed by atoms with van der Waals surface area (Å²) >= 11 is 5.83. The van der Waals surface area contributed by atoms with Crippen LogP contribution < -0.4 is 5.32 Å². The highest BCUT2D eigenvalue weighted by atomic mass is 35.5. The fourth-order valence-electron chi connectivity index (χ4n) is 1.55. The molecule has 0 atom stereocenters. The number of hydrogen-bond donors (Lipinski definition) is 1. The number of nitrogens with one attached hydrogen (secondary N) is 1. The topological polar surface area (TPSA) is 15.3 Å². The van der Waals surface area contributed by atoms with E-state index in [0.717, 1.165) is 29.7 Å². The number of benzene rings is 1. The highest BCUT2D eigenvalue weighted by Gasteiger charge is 2.00. The highest BCUT2D eigenvalue weighted by Crippen LogP contribution is 2.12. The molecule has 17 heavy (non-hydrogen) atoms. The lowest BCUT2D eigenvalue weighted by Crippen LogP contribution is -2.26. The lowest BCUT2D eigenvalue weighted by Gasteiger charge is -2.18. The highest BCUT2D eigenvalue weighted by molar-refractivity contribution is 6.30. The summed E-state index contributed by atoms with van der Waals surface area (Å²) in [7, 11) is 2.17. The molecular formula is C14H23ClN2. The first-order chi connectivity index (χ1) is 8.08. The van der Waals surface area contributed by atoms with Crippen molar-refractivity contribution in [3.8, 4) is 0 Å². The van der Waals surface area contributed by atoms with Gasteiger partial charge in [0.2, 0.25) is 0 Å². The first-order valence-corrected chi connectivity index (χ1v) is 6.63. The third-order valence-corrected chi connectivity index (χ3v) is 3.01. The minimum absolute atomic E-state index is 0.779. The third kappa shape index (κ3) is 6.54. The second-order valence-corrected chi connectivity index (χ2v) is 5.36. The summed E-state index contributed by atoms with van der Waals surface area (Å²) in [6, 6.07) is 7.84. The molecule has 0 bridgehead atoms. The van der Waals surface area contributed by atoms with Crippen LogP contribution in [0.5, 0.6) is 0 Å². The molecule has 0 saturated heterocycles. The Kier molecular flexibility index (Phi) is 6.38. The average Bonchev–Trinajstić information content (AvgIpc) is 2.29. The first kappa shape index (κ1) is 14.3. The first-order valence-electron chi connectivity index (χ1n) is 6.26. The van der Waals surface area contributed by atoms with Crippen molar-refractivity contribution in [2.75, 3.05) is 32.0 Å². The SMILES string of the molecule is CC(C)CCN(C)CCNc1ccc(Cl)cc1. The molecule has 1 N–H and O–H groups in total. The predicted molar refractivity (Wildman–Crippen MR) is 76.9 cm³/mol.